The smallest absolute Gasteiger partial charge is 0.261 e. The fourth-order valence-corrected chi connectivity index (χ4v) is 4.59. The molecule has 2 aromatic carbocycles. The maximum atomic E-state index is 13.0. The van der Waals surface area contributed by atoms with Crippen molar-refractivity contribution in [2.45, 2.75) is 50.5 Å². The first-order valence-corrected chi connectivity index (χ1v) is 10.9. The summed E-state index contributed by atoms with van der Waals surface area (Å²) in [7, 11) is -3.75. The maximum Gasteiger partial charge on any atom is 0.261 e. The number of benzene rings is 2. The van der Waals surface area contributed by atoms with Crippen LogP contribution < -0.4 is 4.72 Å². The summed E-state index contributed by atoms with van der Waals surface area (Å²) in [5.74, 6) is -0.0889. The SMILES string of the molecule is CC[C@@H]1CCCCN1C(=O)c1cccc(S(=O)(=O)Nc2ccc(C)cc2)c1. The van der Waals surface area contributed by atoms with Crippen LogP contribution in [0.4, 0.5) is 5.69 Å². The van der Waals surface area contributed by atoms with Crippen molar-refractivity contribution in [2.24, 2.45) is 0 Å². The lowest BCUT2D eigenvalue weighted by Gasteiger charge is -2.35. The summed E-state index contributed by atoms with van der Waals surface area (Å²) in [5.41, 5.74) is 1.97. The molecule has 0 aliphatic carbocycles. The van der Waals surface area contributed by atoms with E-state index in [4.69, 9.17) is 0 Å². The van der Waals surface area contributed by atoms with Crippen molar-refractivity contribution >= 4 is 21.6 Å². The van der Waals surface area contributed by atoms with Crippen LogP contribution in [0.3, 0.4) is 0 Å². The van der Waals surface area contributed by atoms with E-state index in [1.54, 1.807) is 24.3 Å². The van der Waals surface area contributed by atoms with Gasteiger partial charge in [-0.05, 0) is 62.9 Å². The molecule has 5 nitrogen and oxygen atoms in total. The van der Waals surface area contributed by atoms with E-state index in [0.717, 1.165) is 37.8 Å². The fraction of sp³-hybridized carbons (Fsp3) is 0.381. The summed E-state index contributed by atoms with van der Waals surface area (Å²) in [5, 5.41) is 0. The predicted octanol–water partition coefficient (Wildman–Crippen LogP) is 4.20. The zero-order valence-electron chi connectivity index (χ0n) is 15.8. The topological polar surface area (TPSA) is 66.5 Å². The Kier molecular flexibility index (Phi) is 5.85. The summed E-state index contributed by atoms with van der Waals surface area (Å²) < 4.78 is 28.0. The Balaban J connectivity index is 1.83. The number of carbonyl (C=O) groups excluding carboxylic acids is 1. The summed E-state index contributed by atoms with van der Waals surface area (Å²) in [6.45, 7) is 4.76. The van der Waals surface area contributed by atoms with Crippen molar-refractivity contribution in [3.63, 3.8) is 0 Å². The Morgan fingerprint density at radius 1 is 1.15 bits per heavy atom. The van der Waals surface area contributed by atoms with Gasteiger partial charge in [-0.25, -0.2) is 8.42 Å². The van der Waals surface area contributed by atoms with Crippen LogP contribution in [-0.2, 0) is 10.0 Å². The highest BCUT2D eigenvalue weighted by atomic mass is 32.2. The zero-order valence-corrected chi connectivity index (χ0v) is 16.6. The number of aryl methyl sites for hydroxylation is 1. The monoisotopic (exact) mass is 386 g/mol. The second-order valence-corrected chi connectivity index (χ2v) is 8.74. The molecular weight excluding hydrogens is 360 g/mol. The minimum Gasteiger partial charge on any atom is -0.336 e. The summed E-state index contributed by atoms with van der Waals surface area (Å²) in [4.78, 5) is 14.9. The Hall–Kier alpha value is -2.34. The number of sulfonamides is 1. The van der Waals surface area contributed by atoms with Gasteiger partial charge in [-0.3, -0.25) is 9.52 Å². The van der Waals surface area contributed by atoms with Gasteiger partial charge in [0.25, 0.3) is 15.9 Å². The molecule has 1 saturated heterocycles. The lowest BCUT2D eigenvalue weighted by molar-refractivity contribution is 0.0608. The molecule has 6 heteroatoms. The average Bonchev–Trinajstić information content (AvgIpc) is 2.69. The first-order valence-electron chi connectivity index (χ1n) is 9.41. The van der Waals surface area contributed by atoms with Crippen molar-refractivity contribution in [3.8, 4) is 0 Å². The molecule has 0 bridgehead atoms. The molecule has 1 N–H and O–H groups in total. The van der Waals surface area contributed by atoms with Crippen LogP contribution in [0.5, 0.6) is 0 Å². The van der Waals surface area contributed by atoms with Crippen LogP contribution in [0.15, 0.2) is 53.4 Å². The quantitative estimate of drug-likeness (QED) is 0.837. The lowest BCUT2D eigenvalue weighted by atomic mass is 9.99. The number of nitrogens with zero attached hydrogens (tertiary/aromatic N) is 1. The van der Waals surface area contributed by atoms with Crippen molar-refractivity contribution < 1.29 is 13.2 Å². The highest BCUT2D eigenvalue weighted by molar-refractivity contribution is 7.92. The standard InChI is InChI=1S/C21H26N2O3S/c1-3-19-8-4-5-14-23(19)21(24)17-7-6-9-20(15-17)27(25,26)22-18-12-10-16(2)11-13-18/h6-7,9-13,15,19,22H,3-5,8,14H2,1-2H3/t19-/m1/s1. The van der Waals surface area contributed by atoms with Crippen LogP contribution in [0, 0.1) is 6.92 Å². The van der Waals surface area contributed by atoms with Gasteiger partial charge in [0.15, 0.2) is 0 Å². The van der Waals surface area contributed by atoms with Gasteiger partial charge in [0, 0.05) is 23.8 Å². The number of anilines is 1. The first kappa shape index (κ1) is 19.4. The first-order chi connectivity index (χ1) is 12.9. The van der Waals surface area contributed by atoms with Gasteiger partial charge in [-0.1, -0.05) is 30.7 Å². The molecule has 144 valence electrons. The van der Waals surface area contributed by atoms with Crippen LogP contribution in [-0.4, -0.2) is 31.8 Å². The highest BCUT2D eigenvalue weighted by Crippen LogP contribution is 2.23. The molecule has 0 unspecified atom stereocenters. The van der Waals surface area contributed by atoms with Crippen LogP contribution in [0.25, 0.3) is 0 Å². The Morgan fingerprint density at radius 2 is 1.89 bits per heavy atom. The van der Waals surface area contributed by atoms with E-state index in [1.165, 1.54) is 12.1 Å². The average molecular weight is 387 g/mol. The molecule has 0 radical (unpaired) electrons. The van der Waals surface area contributed by atoms with Gasteiger partial charge in [0.05, 0.1) is 4.90 Å². The number of hydrogen-bond donors (Lipinski definition) is 1. The van der Waals surface area contributed by atoms with Crippen LogP contribution in [0.1, 0.15) is 48.5 Å². The molecule has 0 saturated carbocycles. The van der Waals surface area contributed by atoms with E-state index >= 15 is 0 Å². The number of nitrogens with one attached hydrogen (secondary N) is 1. The molecule has 0 spiro atoms. The van der Waals surface area contributed by atoms with Crippen LogP contribution in [0.2, 0.25) is 0 Å². The lowest BCUT2D eigenvalue weighted by Crippen LogP contribution is -2.43. The van der Waals surface area contributed by atoms with Crippen LogP contribution >= 0.6 is 0 Å². The molecule has 1 amide bonds. The summed E-state index contributed by atoms with van der Waals surface area (Å²) in [6, 6.07) is 13.7. The molecular formula is C21H26N2O3S. The van der Waals surface area contributed by atoms with Gasteiger partial charge < -0.3 is 4.90 Å². The minimum atomic E-state index is -3.75. The van der Waals surface area contributed by atoms with Gasteiger partial charge >= 0.3 is 0 Å². The molecule has 1 fully saturated rings. The molecule has 1 aliphatic rings. The molecule has 3 rings (SSSR count). The third-order valence-corrected chi connectivity index (χ3v) is 6.43. The number of likely N-dealkylation sites (tertiary alicyclic amines) is 1. The number of amides is 1. The van der Waals surface area contributed by atoms with E-state index in [0.29, 0.717) is 11.3 Å². The number of carbonyl (C=O) groups is 1. The number of rotatable bonds is 5. The molecule has 1 heterocycles. The van der Waals surface area contributed by atoms with Crippen molar-refractivity contribution in [2.75, 3.05) is 11.3 Å². The summed E-state index contributed by atoms with van der Waals surface area (Å²) in [6.07, 6.45) is 4.06. The molecule has 27 heavy (non-hydrogen) atoms. The molecule has 1 atom stereocenters. The van der Waals surface area contributed by atoms with Gasteiger partial charge in [-0.2, -0.15) is 0 Å². The Labute approximate surface area is 161 Å². The van der Waals surface area contributed by atoms with E-state index in [-0.39, 0.29) is 16.8 Å². The largest absolute Gasteiger partial charge is 0.336 e. The third-order valence-electron chi connectivity index (χ3n) is 5.05. The normalized spacial score (nSPS) is 17.6. The second kappa shape index (κ2) is 8.13. The van der Waals surface area contributed by atoms with Gasteiger partial charge in [-0.15, -0.1) is 0 Å². The van der Waals surface area contributed by atoms with Gasteiger partial charge in [0.1, 0.15) is 0 Å². The van der Waals surface area contributed by atoms with E-state index in [9.17, 15) is 13.2 Å². The fourth-order valence-electron chi connectivity index (χ4n) is 3.49. The van der Waals surface area contributed by atoms with Crippen molar-refractivity contribution in [3.05, 3.63) is 59.7 Å². The number of piperidine rings is 1. The van der Waals surface area contributed by atoms with E-state index < -0.39 is 10.0 Å². The van der Waals surface area contributed by atoms with Crippen molar-refractivity contribution in [1.29, 1.82) is 0 Å². The minimum absolute atomic E-state index is 0.0889. The van der Waals surface area contributed by atoms with E-state index in [2.05, 4.69) is 11.6 Å². The molecule has 0 aromatic heterocycles. The second-order valence-electron chi connectivity index (χ2n) is 7.06. The predicted molar refractivity (Wildman–Crippen MR) is 107 cm³/mol. The van der Waals surface area contributed by atoms with Crippen molar-refractivity contribution in [1.82, 2.24) is 4.90 Å². The molecule has 1 aliphatic heterocycles. The summed E-state index contributed by atoms with van der Waals surface area (Å²) >= 11 is 0. The number of hydrogen-bond acceptors (Lipinski definition) is 3. The Bertz CT molecular complexity index is 907. The zero-order chi connectivity index (χ0) is 19.4. The highest BCUT2D eigenvalue weighted by Gasteiger charge is 2.27. The Morgan fingerprint density at radius 3 is 2.59 bits per heavy atom. The molecule has 2 aromatic rings. The van der Waals surface area contributed by atoms with Gasteiger partial charge in [0.2, 0.25) is 0 Å². The maximum absolute atomic E-state index is 13.0. The van der Waals surface area contributed by atoms with E-state index in [1.807, 2.05) is 24.0 Å². The third kappa shape index (κ3) is 4.50.